The largest absolute Gasteiger partial charge is 0.465 e. The van der Waals surface area contributed by atoms with E-state index in [1.54, 1.807) is 0 Å². The Bertz CT molecular complexity index is 248. The van der Waals surface area contributed by atoms with E-state index in [0.29, 0.717) is 18.5 Å². The third kappa shape index (κ3) is 3.37. The highest BCUT2D eigenvalue weighted by atomic mass is 16.4. The first kappa shape index (κ1) is 13.3. The predicted octanol–water partition coefficient (Wildman–Crippen LogP) is 2.15. The van der Waals surface area contributed by atoms with Crippen LogP contribution in [-0.2, 0) is 0 Å². The maximum Gasteiger partial charge on any atom is 0.407 e. The average molecular weight is 228 g/mol. The number of hydrogen-bond donors (Lipinski definition) is 2. The molecule has 1 aliphatic rings. The summed E-state index contributed by atoms with van der Waals surface area (Å²) in [5, 5.41) is 12.6. The molecule has 0 saturated carbocycles. The highest BCUT2D eigenvalue weighted by Gasteiger charge is 2.31. The Hall–Kier alpha value is -0.770. The Balaban J connectivity index is 2.64. The molecule has 0 bridgehead atoms. The summed E-state index contributed by atoms with van der Waals surface area (Å²) in [6.07, 6.45) is 1.56. The van der Waals surface area contributed by atoms with Gasteiger partial charge in [-0.25, -0.2) is 4.79 Å². The topological polar surface area (TPSA) is 52.6 Å². The molecule has 0 aromatic rings. The van der Waals surface area contributed by atoms with E-state index >= 15 is 0 Å². The lowest BCUT2D eigenvalue weighted by atomic mass is 9.91. The summed E-state index contributed by atoms with van der Waals surface area (Å²) in [4.78, 5) is 12.8. The highest BCUT2D eigenvalue weighted by molar-refractivity contribution is 5.66. The van der Waals surface area contributed by atoms with Gasteiger partial charge in [-0.05, 0) is 46.1 Å². The van der Waals surface area contributed by atoms with Crippen molar-refractivity contribution in [3.63, 3.8) is 0 Å². The van der Waals surface area contributed by atoms with E-state index in [0.717, 1.165) is 6.54 Å². The van der Waals surface area contributed by atoms with Gasteiger partial charge in [0.2, 0.25) is 0 Å². The van der Waals surface area contributed by atoms with Crippen LogP contribution >= 0.6 is 0 Å². The van der Waals surface area contributed by atoms with E-state index in [1.807, 2.05) is 20.8 Å². The predicted molar refractivity (Wildman–Crippen MR) is 64.7 cm³/mol. The standard InChI is InChI=1S/C12H24N2O2/c1-9-6-5-7-13-10(9)8-14(11(15)16)12(2,3)4/h9-10,13H,5-8H2,1-4H3,(H,15,16)/t9-,10-/m1/s1. The van der Waals surface area contributed by atoms with Gasteiger partial charge in [0.25, 0.3) is 0 Å². The number of carboxylic acid groups (broad SMARTS) is 1. The van der Waals surface area contributed by atoms with Crippen LogP contribution in [0.3, 0.4) is 0 Å². The van der Waals surface area contributed by atoms with Crippen LogP contribution in [0.15, 0.2) is 0 Å². The van der Waals surface area contributed by atoms with Crippen molar-refractivity contribution in [3.8, 4) is 0 Å². The van der Waals surface area contributed by atoms with Gasteiger partial charge in [0, 0.05) is 18.1 Å². The van der Waals surface area contributed by atoms with Crippen LogP contribution in [0.1, 0.15) is 40.5 Å². The van der Waals surface area contributed by atoms with Crippen LogP contribution in [0.25, 0.3) is 0 Å². The van der Waals surface area contributed by atoms with Crippen molar-refractivity contribution >= 4 is 6.09 Å². The quantitative estimate of drug-likeness (QED) is 0.761. The summed E-state index contributed by atoms with van der Waals surface area (Å²) in [6.45, 7) is 9.60. The SMILES string of the molecule is C[C@@H]1CCCN[C@@H]1CN(C(=O)O)C(C)(C)C. The number of piperidine rings is 1. The van der Waals surface area contributed by atoms with Gasteiger partial charge in [0.1, 0.15) is 0 Å². The maximum absolute atomic E-state index is 11.2. The Morgan fingerprint density at radius 2 is 2.12 bits per heavy atom. The van der Waals surface area contributed by atoms with E-state index in [2.05, 4.69) is 12.2 Å². The van der Waals surface area contributed by atoms with Crippen molar-refractivity contribution in [2.24, 2.45) is 5.92 Å². The molecule has 0 aromatic carbocycles. The number of carbonyl (C=O) groups is 1. The summed E-state index contributed by atoms with van der Waals surface area (Å²) in [5.41, 5.74) is -0.329. The number of nitrogens with zero attached hydrogens (tertiary/aromatic N) is 1. The fourth-order valence-corrected chi connectivity index (χ4v) is 2.19. The van der Waals surface area contributed by atoms with Crippen LogP contribution in [0.5, 0.6) is 0 Å². The second-order valence-corrected chi connectivity index (χ2v) is 5.74. The van der Waals surface area contributed by atoms with E-state index in [9.17, 15) is 9.90 Å². The third-order valence-corrected chi connectivity index (χ3v) is 3.35. The zero-order valence-electron chi connectivity index (χ0n) is 10.8. The highest BCUT2D eigenvalue weighted by Crippen LogP contribution is 2.20. The Morgan fingerprint density at radius 1 is 1.50 bits per heavy atom. The molecule has 1 aliphatic heterocycles. The zero-order chi connectivity index (χ0) is 12.3. The minimum absolute atomic E-state index is 0.295. The van der Waals surface area contributed by atoms with Crippen LogP contribution in [-0.4, -0.2) is 40.8 Å². The molecule has 2 N–H and O–H groups in total. The lowest BCUT2D eigenvalue weighted by molar-refractivity contribution is 0.0835. The summed E-state index contributed by atoms with van der Waals surface area (Å²) in [5.74, 6) is 0.554. The molecule has 1 rings (SSSR count). The monoisotopic (exact) mass is 228 g/mol. The van der Waals surface area contributed by atoms with Gasteiger partial charge in [-0.1, -0.05) is 6.92 Å². The van der Waals surface area contributed by atoms with Crippen LogP contribution in [0, 0.1) is 5.92 Å². The first-order chi connectivity index (χ1) is 7.32. The molecule has 1 heterocycles. The average Bonchev–Trinajstić information content (AvgIpc) is 2.14. The van der Waals surface area contributed by atoms with E-state index in [1.165, 1.54) is 17.7 Å². The molecule has 2 atom stereocenters. The second-order valence-electron chi connectivity index (χ2n) is 5.74. The van der Waals surface area contributed by atoms with Gasteiger partial charge in [-0.3, -0.25) is 0 Å². The maximum atomic E-state index is 11.2. The molecule has 0 aromatic heterocycles. The van der Waals surface area contributed by atoms with Crippen molar-refractivity contribution in [3.05, 3.63) is 0 Å². The van der Waals surface area contributed by atoms with Gasteiger partial charge >= 0.3 is 6.09 Å². The normalized spacial score (nSPS) is 26.5. The first-order valence-electron chi connectivity index (χ1n) is 6.06. The fraction of sp³-hybridized carbons (Fsp3) is 0.917. The van der Waals surface area contributed by atoms with Crippen LogP contribution < -0.4 is 5.32 Å². The second kappa shape index (κ2) is 5.04. The van der Waals surface area contributed by atoms with Crippen molar-refractivity contribution in [2.45, 2.75) is 52.1 Å². The Morgan fingerprint density at radius 3 is 2.56 bits per heavy atom. The summed E-state index contributed by atoms with van der Waals surface area (Å²) in [7, 11) is 0. The molecule has 16 heavy (non-hydrogen) atoms. The Labute approximate surface area is 98.0 Å². The minimum atomic E-state index is -0.827. The van der Waals surface area contributed by atoms with Crippen molar-refractivity contribution < 1.29 is 9.90 Å². The molecule has 0 radical (unpaired) electrons. The third-order valence-electron chi connectivity index (χ3n) is 3.35. The van der Waals surface area contributed by atoms with Crippen molar-refractivity contribution in [2.75, 3.05) is 13.1 Å². The first-order valence-corrected chi connectivity index (χ1v) is 6.06. The van der Waals surface area contributed by atoms with Crippen LogP contribution in [0.4, 0.5) is 4.79 Å². The lowest BCUT2D eigenvalue weighted by Crippen LogP contribution is -2.54. The number of hydrogen-bond acceptors (Lipinski definition) is 2. The van der Waals surface area contributed by atoms with E-state index in [4.69, 9.17) is 0 Å². The van der Waals surface area contributed by atoms with Crippen molar-refractivity contribution in [1.29, 1.82) is 0 Å². The molecule has 1 amide bonds. The molecular formula is C12H24N2O2. The van der Waals surface area contributed by atoms with Crippen molar-refractivity contribution in [1.82, 2.24) is 10.2 Å². The Kier molecular flexibility index (Phi) is 4.19. The van der Waals surface area contributed by atoms with Gasteiger partial charge in [-0.15, -0.1) is 0 Å². The number of amides is 1. The molecule has 1 fully saturated rings. The zero-order valence-corrected chi connectivity index (χ0v) is 10.8. The van der Waals surface area contributed by atoms with Gasteiger partial charge < -0.3 is 15.3 Å². The molecule has 0 unspecified atom stereocenters. The summed E-state index contributed by atoms with van der Waals surface area (Å²) >= 11 is 0. The van der Waals surface area contributed by atoms with Gasteiger partial charge in [0.15, 0.2) is 0 Å². The number of nitrogens with one attached hydrogen (secondary N) is 1. The molecule has 0 aliphatic carbocycles. The van der Waals surface area contributed by atoms with Gasteiger partial charge in [-0.2, -0.15) is 0 Å². The molecule has 0 spiro atoms. The van der Waals surface area contributed by atoms with E-state index in [-0.39, 0.29) is 5.54 Å². The summed E-state index contributed by atoms with van der Waals surface area (Å²) in [6, 6.07) is 0.295. The molecule has 4 nitrogen and oxygen atoms in total. The lowest BCUT2D eigenvalue weighted by Gasteiger charge is -2.39. The molecule has 1 saturated heterocycles. The smallest absolute Gasteiger partial charge is 0.407 e. The number of rotatable bonds is 2. The fourth-order valence-electron chi connectivity index (χ4n) is 2.19. The van der Waals surface area contributed by atoms with Crippen LogP contribution in [0.2, 0.25) is 0 Å². The molecule has 4 heteroatoms. The van der Waals surface area contributed by atoms with E-state index < -0.39 is 6.09 Å². The molecular weight excluding hydrogens is 204 g/mol. The van der Waals surface area contributed by atoms with Gasteiger partial charge in [0.05, 0.1) is 0 Å². The summed E-state index contributed by atoms with van der Waals surface area (Å²) < 4.78 is 0. The molecule has 94 valence electrons. The minimum Gasteiger partial charge on any atom is -0.465 e.